The van der Waals surface area contributed by atoms with Gasteiger partial charge >= 0.3 is 0 Å². The number of hydrogen-bond donors (Lipinski definition) is 1. The molecule has 1 heteroatoms. The predicted octanol–water partition coefficient (Wildman–Crippen LogP) is 3.11. The summed E-state index contributed by atoms with van der Waals surface area (Å²) in [4.78, 5) is 0. The molecule has 0 bridgehead atoms. The summed E-state index contributed by atoms with van der Waals surface area (Å²) in [6, 6.07) is 6.44. The van der Waals surface area contributed by atoms with E-state index in [1.807, 2.05) is 6.92 Å². The third-order valence-corrected chi connectivity index (χ3v) is 3.62. The first-order valence-corrected chi connectivity index (χ1v) is 5.87. The van der Waals surface area contributed by atoms with Gasteiger partial charge in [-0.15, -0.1) is 0 Å². The van der Waals surface area contributed by atoms with E-state index in [-0.39, 0.29) is 6.10 Å². The van der Waals surface area contributed by atoms with Crippen LogP contribution in [0, 0.1) is 11.8 Å². The van der Waals surface area contributed by atoms with Gasteiger partial charge in [-0.1, -0.05) is 32.0 Å². The van der Waals surface area contributed by atoms with Crippen molar-refractivity contribution in [1.29, 1.82) is 0 Å². The van der Waals surface area contributed by atoms with Crippen LogP contribution in [0.15, 0.2) is 18.2 Å². The zero-order valence-corrected chi connectivity index (χ0v) is 9.83. The maximum Gasteiger partial charge on any atom is 0.0762 e. The van der Waals surface area contributed by atoms with Crippen molar-refractivity contribution in [3.05, 3.63) is 34.9 Å². The Morgan fingerprint density at radius 3 is 2.40 bits per heavy atom. The predicted molar refractivity (Wildman–Crippen MR) is 62.8 cm³/mol. The lowest BCUT2D eigenvalue weighted by atomic mass is 9.93. The van der Waals surface area contributed by atoms with Crippen LogP contribution in [0.1, 0.15) is 43.6 Å². The molecular weight excluding hydrogens is 184 g/mol. The number of benzene rings is 1. The van der Waals surface area contributed by atoms with Gasteiger partial charge in [0, 0.05) is 0 Å². The van der Waals surface area contributed by atoms with Crippen LogP contribution in [0.25, 0.3) is 0 Å². The van der Waals surface area contributed by atoms with Crippen molar-refractivity contribution < 1.29 is 5.11 Å². The molecule has 0 aliphatic heterocycles. The molecule has 0 aromatic heterocycles. The van der Waals surface area contributed by atoms with Crippen LogP contribution in [-0.2, 0) is 12.8 Å². The normalized spacial score (nSPS) is 21.8. The minimum Gasteiger partial charge on any atom is -0.389 e. The molecule has 0 saturated heterocycles. The summed E-state index contributed by atoms with van der Waals surface area (Å²) in [7, 11) is 0. The molecule has 82 valence electrons. The first-order chi connectivity index (χ1) is 7.08. The summed E-state index contributed by atoms with van der Waals surface area (Å²) in [6.07, 6.45) is 2.06. The van der Waals surface area contributed by atoms with Crippen molar-refractivity contribution in [2.45, 2.75) is 39.7 Å². The molecular formula is C14H20O. The lowest BCUT2D eigenvalue weighted by Crippen LogP contribution is -2.07. The maximum absolute atomic E-state index is 9.53. The summed E-state index contributed by atoms with van der Waals surface area (Å²) in [5, 5.41) is 9.53. The summed E-state index contributed by atoms with van der Waals surface area (Å²) >= 11 is 0. The van der Waals surface area contributed by atoms with Crippen LogP contribution in [0.3, 0.4) is 0 Å². The zero-order valence-electron chi connectivity index (χ0n) is 9.83. The van der Waals surface area contributed by atoms with E-state index < -0.39 is 0 Å². The lowest BCUT2D eigenvalue weighted by Gasteiger charge is -2.12. The van der Waals surface area contributed by atoms with E-state index >= 15 is 0 Å². The monoisotopic (exact) mass is 204 g/mol. The van der Waals surface area contributed by atoms with E-state index in [1.165, 1.54) is 24.0 Å². The van der Waals surface area contributed by atoms with Crippen molar-refractivity contribution in [3.63, 3.8) is 0 Å². The fourth-order valence-electron chi connectivity index (χ4n) is 2.40. The van der Waals surface area contributed by atoms with Gasteiger partial charge in [-0.25, -0.2) is 0 Å². The summed E-state index contributed by atoms with van der Waals surface area (Å²) in [5.74, 6) is 1.55. The fourth-order valence-corrected chi connectivity index (χ4v) is 2.40. The molecule has 0 fully saturated rings. The first-order valence-electron chi connectivity index (χ1n) is 5.87. The van der Waals surface area contributed by atoms with Gasteiger partial charge in [-0.05, 0) is 48.3 Å². The highest BCUT2D eigenvalue weighted by atomic mass is 16.3. The minimum atomic E-state index is -0.339. The molecule has 0 spiro atoms. The Morgan fingerprint density at radius 1 is 1.13 bits per heavy atom. The zero-order chi connectivity index (χ0) is 11.0. The Labute approximate surface area is 92.1 Å². The molecule has 1 nitrogen and oxygen atoms in total. The van der Waals surface area contributed by atoms with Crippen LogP contribution in [0.4, 0.5) is 0 Å². The molecule has 15 heavy (non-hydrogen) atoms. The molecule has 2 atom stereocenters. The van der Waals surface area contributed by atoms with Gasteiger partial charge in [0.25, 0.3) is 0 Å². The quantitative estimate of drug-likeness (QED) is 0.784. The molecule has 1 aromatic carbocycles. The van der Waals surface area contributed by atoms with E-state index in [9.17, 15) is 5.11 Å². The highest BCUT2D eigenvalue weighted by molar-refractivity contribution is 5.37. The SMILES string of the molecule is CC(C)[C@H]1Cc2ccc([C@@H](C)O)cc2C1. The van der Waals surface area contributed by atoms with Gasteiger partial charge in [0.1, 0.15) is 0 Å². The highest BCUT2D eigenvalue weighted by Gasteiger charge is 2.24. The van der Waals surface area contributed by atoms with Crippen LogP contribution < -0.4 is 0 Å². The molecule has 0 unspecified atom stereocenters. The number of fused-ring (bicyclic) bond motifs is 1. The van der Waals surface area contributed by atoms with Gasteiger partial charge < -0.3 is 5.11 Å². The summed E-state index contributed by atoms with van der Waals surface area (Å²) in [5.41, 5.74) is 3.99. The van der Waals surface area contributed by atoms with Crippen LogP contribution >= 0.6 is 0 Å². The highest BCUT2D eigenvalue weighted by Crippen LogP contribution is 2.32. The second-order valence-corrected chi connectivity index (χ2v) is 5.12. The average molecular weight is 204 g/mol. The first kappa shape index (κ1) is 10.7. The molecule has 1 aromatic rings. The third kappa shape index (κ3) is 2.07. The molecule has 0 heterocycles. The van der Waals surface area contributed by atoms with Gasteiger partial charge in [-0.3, -0.25) is 0 Å². The van der Waals surface area contributed by atoms with Crippen molar-refractivity contribution in [1.82, 2.24) is 0 Å². The van der Waals surface area contributed by atoms with E-state index in [0.717, 1.165) is 17.4 Å². The molecule has 0 radical (unpaired) electrons. The van der Waals surface area contributed by atoms with Crippen molar-refractivity contribution in [2.24, 2.45) is 11.8 Å². The Balaban J connectivity index is 2.24. The number of aliphatic hydroxyl groups excluding tert-OH is 1. The van der Waals surface area contributed by atoms with E-state index in [1.54, 1.807) is 0 Å². The van der Waals surface area contributed by atoms with Crippen molar-refractivity contribution >= 4 is 0 Å². The molecule has 1 aliphatic carbocycles. The van der Waals surface area contributed by atoms with Gasteiger partial charge in [0.2, 0.25) is 0 Å². The summed E-state index contributed by atoms with van der Waals surface area (Å²) < 4.78 is 0. The number of aliphatic hydroxyl groups is 1. The Bertz CT molecular complexity index is 352. The average Bonchev–Trinajstić information content (AvgIpc) is 2.59. The Kier molecular flexibility index (Phi) is 2.83. The van der Waals surface area contributed by atoms with Gasteiger partial charge in [0.05, 0.1) is 6.10 Å². The molecule has 0 amide bonds. The van der Waals surface area contributed by atoms with E-state index in [0.29, 0.717) is 0 Å². The fraction of sp³-hybridized carbons (Fsp3) is 0.571. The molecule has 1 aliphatic rings. The largest absolute Gasteiger partial charge is 0.389 e. The second kappa shape index (κ2) is 3.97. The van der Waals surface area contributed by atoms with E-state index in [2.05, 4.69) is 32.0 Å². The van der Waals surface area contributed by atoms with Crippen LogP contribution in [0.2, 0.25) is 0 Å². The number of hydrogen-bond acceptors (Lipinski definition) is 1. The summed E-state index contributed by atoms with van der Waals surface area (Å²) in [6.45, 7) is 6.43. The maximum atomic E-state index is 9.53. The van der Waals surface area contributed by atoms with Crippen LogP contribution in [0.5, 0.6) is 0 Å². The Hall–Kier alpha value is -0.820. The van der Waals surface area contributed by atoms with Crippen LogP contribution in [-0.4, -0.2) is 5.11 Å². The van der Waals surface area contributed by atoms with Gasteiger partial charge in [-0.2, -0.15) is 0 Å². The lowest BCUT2D eigenvalue weighted by molar-refractivity contribution is 0.199. The number of rotatable bonds is 2. The molecule has 1 N–H and O–H groups in total. The van der Waals surface area contributed by atoms with E-state index in [4.69, 9.17) is 0 Å². The standard InChI is InChI=1S/C14H20O/c1-9(2)13-7-12-5-4-11(10(3)15)6-14(12)8-13/h4-6,9-10,13,15H,7-8H2,1-3H3/t10-,13+/m1/s1. The minimum absolute atomic E-state index is 0.339. The molecule has 2 rings (SSSR count). The molecule has 0 saturated carbocycles. The van der Waals surface area contributed by atoms with Crippen molar-refractivity contribution in [3.8, 4) is 0 Å². The van der Waals surface area contributed by atoms with Crippen molar-refractivity contribution in [2.75, 3.05) is 0 Å². The topological polar surface area (TPSA) is 20.2 Å². The third-order valence-electron chi connectivity index (χ3n) is 3.62. The Morgan fingerprint density at radius 2 is 1.80 bits per heavy atom. The second-order valence-electron chi connectivity index (χ2n) is 5.12. The smallest absolute Gasteiger partial charge is 0.0762 e. The van der Waals surface area contributed by atoms with Gasteiger partial charge in [0.15, 0.2) is 0 Å².